The Balaban J connectivity index is 1.50. The van der Waals surface area contributed by atoms with E-state index >= 15 is 0 Å². The van der Waals surface area contributed by atoms with Crippen molar-refractivity contribution in [2.75, 3.05) is 7.11 Å². The summed E-state index contributed by atoms with van der Waals surface area (Å²) in [6.45, 7) is 2.44. The standard InChI is InChI=1S/C32H28N2O5/c1-21-17-25(11-12-27(21)39-20-22-7-4-3-5-8-22)30(35)28-29(24-13-15-33-16-14-24)34(32(37)31(28)36)19-23-9-6-10-26(18-23)38-2/h3-18,29,35H,19-20H2,1-2H3/b30-28-. The van der Waals surface area contributed by atoms with Crippen LogP contribution in [0.15, 0.2) is 103 Å². The van der Waals surface area contributed by atoms with Crippen LogP contribution in [-0.4, -0.2) is 33.8 Å². The Morgan fingerprint density at radius 2 is 1.67 bits per heavy atom. The van der Waals surface area contributed by atoms with Gasteiger partial charge in [-0.05, 0) is 71.6 Å². The van der Waals surface area contributed by atoms with Gasteiger partial charge in [0.15, 0.2) is 0 Å². The molecule has 196 valence electrons. The second kappa shape index (κ2) is 11.2. The van der Waals surface area contributed by atoms with Crippen LogP contribution in [0.3, 0.4) is 0 Å². The molecule has 1 aromatic heterocycles. The minimum Gasteiger partial charge on any atom is -0.507 e. The molecule has 2 heterocycles. The molecule has 0 saturated carbocycles. The average molecular weight is 521 g/mol. The van der Waals surface area contributed by atoms with Gasteiger partial charge >= 0.3 is 0 Å². The summed E-state index contributed by atoms with van der Waals surface area (Å²) in [5.41, 5.74) is 3.77. The first-order valence-corrected chi connectivity index (χ1v) is 12.6. The zero-order valence-corrected chi connectivity index (χ0v) is 21.7. The number of aromatic nitrogens is 1. The smallest absolute Gasteiger partial charge is 0.295 e. The molecule has 0 aliphatic carbocycles. The lowest BCUT2D eigenvalue weighted by atomic mass is 9.95. The highest BCUT2D eigenvalue weighted by Crippen LogP contribution is 2.40. The number of likely N-dealkylation sites (tertiary alicyclic amines) is 1. The van der Waals surface area contributed by atoms with Gasteiger partial charge in [-0.15, -0.1) is 0 Å². The lowest BCUT2D eigenvalue weighted by molar-refractivity contribution is -0.140. The summed E-state index contributed by atoms with van der Waals surface area (Å²) < 4.78 is 11.3. The number of aliphatic hydroxyl groups excluding tert-OH is 1. The molecule has 7 heteroatoms. The lowest BCUT2D eigenvalue weighted by Gasteiger charge is -2.25. The first-order valence-electron chi connectivity index (χ1n) is 12.6. The number of nitrogens with zero attached hydrogens (tertiary/aromatic N) is 2. The van der Waals surface area contributed by atoms with E-state index in [1.807, 2.05) is 61.5 Å². The number of carbonyl (C=O) groups is 2. The monoisotopic (exact) mass is 520 g/mol. The molecule has 1 N–H and O–H groups in total. The van der Waals surface area contributed by atoms with Crippen LogP contribution in [0, 0.1) is 6.92 Å². The number of ketones is 1. The zero-order chi connectivity index (χ0) is 27.4. The zero-order valence-electron chi connectivity index (χ0n) is 21.7. The maximum atomic E-state index is 13.4. The fourth-order valence-electron chi connectivity index (χ4n) is 4.75. The van der Waals surface area contributed by atoms with E-state index in [4.69, 9.17) is 9.47 Å². The number of Topliss-reactive ketones (excluding diaryl/α,β-unsaturated/α-hetero) is 1. The molecule has 1 saturated heterocycles. The number of aliphatic hydroxyl groups is 1. The SMILES string of the molecule is COc1cccc(CN2C(=O)C(=O)/C(=C(\O)c3ccc(OCc4ccccc4)c(C)c3)C2c2ccncc2)c1. The Bertz CT molecular complexity index is 1530. The van der Waals surface area contributed by atoms with Gasteiger partial charge in [-0.1, -0.05) is 42.5 Å². The molecule has 0 bridgehead atoms. The van der Waals surface area contributed by atoms with Crippen molar-refractivity contribution in [1.29, 1.82) is 0 Å². The normalized spacial score (nSPS) is 16.4. The van der Waals surface area contributed by atoms with E-state index in [9.17, 15) is 14.7 Å². The van der Waals surface area contributed by atoms with Gasteiger partial charge in [-0.2, -0.15) is 0 Å². The summed E-state index contributed by atoms with van der Waals surface area (Å²) in [7, 11) is 1.57. The van der Waals surface area contributed by atoms with Gasteiger partial charge in [0.1, 0.15) is 23.9 Å². The van der Waals surface area contributed by atoms with Crippen LogP contribution in [0.2, 0.25) is 0 Å². The fourth-order valence-corrected chi connectivity index (χ4v) is 4.75. The van der Waals surface area contributed by atoms with Crippen LogP contribution < -0.4 is 9.47 Å². The molecular formula is C32H28N2O5. The Morgan fingerprint density at radius 1 is 0.923 bits per heavy atom. The highest BCUT2D eigenvalue weighted by Gasteiger charge is 2.46. The Labute approximate surface area is 227 Å². The second-order valence-electron chi connectivity index (χ2n) is 9.31. The number of ether oxygens (including phenoxy) is 2. The summed E-state index contributed by atoms with van der Waals surface area (Å²) in [5.74, 6) is -0.338. The van der Waals surface area contributed by atoms with Crippen LogP contribution in [0.5, 0.6) is 11.5 Å². The van der Waals surface area contributed by atoms with Gasteiger partial charge < -0.3 is 19.5 Å². The first kappa shape index (κ1) is 25.7. The number of benzene rings is 3. The molecule has 0 spiro atoms. The van der Waals surface area contributed by atoms with Crippen molar-refractivity contribution in [3.05, 3.63) is 131 Å². The van der Waals surface area contributed by atoms with Crippen LogP contribution in [0.4, 0.5) is 0 Å². The van der Waals surface area contributed by atoms with Crippen molar-refractivity contribution in [2.45, 2.75) is 26.1 Å². The van der Waals surface area contributed by atoms with Crippen LogP contribution in [-0.2, 0) is 22.7 Å². The summed E-state index contributed by atoms with van der Waals surface area (Å²) in [5, 5.41) is 11.4. The van der Waals surface area contributed by atoms with Crippen molar-refractivity contribution < 1.29 is 24.2 Å². The molecule has 4 aromatic rings. The minimum atomic E-state index is -0.784. The highest BCUT2D eigenvalue weighted by atomic mass is 16.5. The lowest BCUT2D eigenvalue weighted by Crippen LogP contribution is -2.29. The predicted molar refractivity (Wildman–Crippen MR) is 147 cm³/mol. The van der Waals surface area contributed by atoms with E-state index in [1.165, 1.54) is 4.90 Å². The van der Waals surface area contributed by atoms with Gasteiger partial charge in [-0.25, -0.2) is 0 Å². The molecule has 0 radical (unpaired) electrons. The van der Waals surface area contributed by atoms with Crippen LogP contribution in [0.1, 0.15) is 33.9 Å². The predicted octanol–water partition coefficient (Wildman–Crippen LogP) is 5.60. The Morgan fingerprint density at radius 3 is 2.38 bits per heavy atom. The first-order chi connectivity index (χ1) is 19.0. The van der Waals surface area contributed by atoms with Gasteiger partial charge in [0, 0.05) is 24.5 Å². The number of carbonyl (C=O) groups excluding carboxylic acids is 2. The number of aryl methyl sites for hydroxylation is 1. The molecule has 1 aliphatic rings. The fraction of sp³-hybridized carbons (Fsp3) is 0.156. The van der Waals surface area contributed by atoms with Gasteiger partial charge in [0.2, 0.25) is 0 Å². The van der Waals surface area contributed by atoms with Crippen LogP contribution in [0.25, 0.3) is 5.76 Å². The topological polar surface area (TPSA) is 89.0 Å². The molecule has 5 rings (SSSR count). The molecule has 3 aromatic carbocycles. The number of methoxy groups -OCH3 is 1. The van der Waals surface area contributed by atoms with E-state index < -0.39 is 17.7 Å². The van der Waals surface area contributed by atoms with E-state index in [0.717, 1.165) is 16.7 Å². The molecule has 1 amide bonds. The third-order valence-corrected chi connectivity index (χ3v) is 6.73. The van der Waals surface area contributed by atoms with E-state index in [-0.39, 0.29) is 17.9 Å². The van der Waals surface area contributed by atoms with E-state index in [2.05, 4.69) is 4.98 Å². The summed E-state index contributed by atoms with van der Waals surface area (Å²) in [6, 6.07) is 25.1. The summed E-state index contributed by atoms with van der Waals surface area (Å²) >= 11 is 0. The molecule has 1 aliphatic heterocycles. The van der Waals surface area contributed by atoms with Crippen LogP contribution >= 0.6 is 0 Å². The molecular weight excluding hydrogens is 492 g/mol. The van der Waals surface area contributed by atoms with E-state index in [1.54, 1.807) is 49.8 Å². The van der Waals surface area contributed by atoms with Gasteiger partial charge in [0.25, 0.3) is 11.7 Å². The third-order valence-electron chi connectivity index (χ3n) is 6.73. The molecule has 1 unspecified atom stereocenters. The van der Waals surface area contributed by atoms with Crippen molar-refractivity contribution >= 4 is 17.4 Å². The number of hydrogen-bond acceptors (Lipinski definition) is 6. The van der Waals surface area contributed by atoms with E-state index in [0.29, 0.717) is 29.2 Å². The minimum absolute atomic E-state index is 0.0338. The number of pyridine rings is 1. The summed E-state index contributed by atoms with van der Waals surface area (Å²) in [4.78, 5) is 32.2. The number of amides is 1. The van der Waals surface area contributed by atoms with Crippen molar-refractivity contribution in [2.24, 2.45) is 0 Å². The Kier molecular flexibility index (Phi) is 7.41. The third kappa shape index (κ3) is 5.38. The largest absolute Gasteiger partial charge is 0.507 e. The number of hydrogen-bond donors (Lipinski definition) is 1. The molecule has 39 heavy (non-hydrogen) atoms. The number of rotatable bonds is 8. The maximum absolute atomic E-state index is 13.4. The Hall–Kier alpha value is -4.91. The van der Waals surface area contributed by atoms with Gasteiger partial charge in [-0.3, -0.25) is 14.6 Å². The maximum Gasteiger partial charge on any atom is 0.295 e. The highest BCUT2D eigenvalue weighted by molar-refractivity contribution is 6.46. The molecule has 1 atom stereocenters. The molecule has 7 nitrogen and oxygen atoms in total. The van der Waals surface area contributed by atoms with Crippen molar-refractivity contribution in [3.8, 4) is 11.5 Å². The molecule has 1 fully saturated rings. The summed E-state index contributed by atoms with van der Waals surface area (Å²) in [6.07, 6.45) is 3.20. The van der Waals surface area contributed by atoms with Crippen molar-refractivity contribution in [3.63, 3.8) is 0 Å². The second-order valence-corrected chi connectivity index (χ2v) is 9.31. The average Bonchev–Trinajstić information content (AvgIpc) is 3.22. The quantitative estimate of drug-likeness (QED) is 0.185. The van der Waals surface area contributed by atoms with Crippen molar-refractivity contribution in [1.82, 2.24) is 9.88 Å². The van der Waals surface area contributed by atoms with Gasteiger partial charge in [0.05, 0.1) is 18.7 Å².